The van der Waals surface area contributed by atoms with Gasteiger partial charge in [-0.15, -0.1) is 23.2 Å². The smallest absolute Gasteiger partial charge is 0.160 e. The van der Waals surface area contributed by atoms with Crippen molar-refractivity contribution in [1.82, 2.24) is 0 Å². The van der Waals surface area contributed by atoms with E-state index in [0.717, 1.165) is 100 Å². The second kappa shape index (κ2) is 32.7. The number of halogens is 2. The molecular weight excluding hydrogens is 671 g/mol. The zero-order chi connectivity index (χ0) is 38.6. The van der Waals surface area contributed by atoms with Crippen LogP contribution in [0.3, 0.4) is 0 Å². The summed E-state index contributed by atoms with van der Waals surface area (Å²) in [6, 6.07) is 0. The molecule has 51 heavy (non-hydrogen) atoms. The van der Waals surface area contributed by atoms with E-state index in [2.05, 4.69) is 83.1 Å². The van der Waals surface area contributed by atoms with E-state index in [-0.39, 0.29) is 23.3 Å². The van der Waals surface area contributed by atoms with Crippen LogP contribution in [0.25, 0.3) is 0 Å². The van der Waals surface area contributed by atoms with Crippen LogP contribution in [0, 0.1) is 47.3 Å². The Balaban J connectivity index is 5.00. The Morgan fingerprint density at radius 3 is 0.941 bits per heavy atom. The summed E-state index contributed by atoms with van der Waals surface area (Å²) in [6.07, 6.45) is 23.4. The fourth-order valence-electron chi connectivity index (χ4n) is 8.99. The van der Waals surface area contributed by atoms with Gasteiger partial charge >= 0.3 is 0 Å². The second-order valence-electron chi connectivity index (χ2n) is 18.3. The van der Waals surface area contributed by atoms with Crippen molar-refractivity contribution in [1.29, 1.82) is 0 Å². The zero-order valence-corrected chi connectivity index (χ0v) is 38.0. The molecule has 0 aliphatic carbocycles. The van der Waals surface area contributed by atoms with Crippen LogP contribution >= 0.6 is 23.2 Å². The topological polar surface area (TPSA) is 27.7 Å². The molecule has 0 spiro atoms. The van der Waals surface area contributed by atoms with Crippen LogP contribution in [0.15, 0.2) is 0 Å². The average Bonchev–Trinajstić information content (AvgIpc) is 2.99. The van der Waals surface area contributed by atoms with Gasteiger partial charge in [0, 0.05) is 24.0 Å². The predicted octanol–water partition coefficient (Wildman–Crippen LogP) is 15.9. The van der Waals surface area contributed by atoms with Gasteiger partial charge in [0.1, 0.15) is 0 Å². The van der Waals surface area contributed by atoms with Gasteiger partial charge in [0.15, 0.2) is 12.6 Å². The van der Waals surface area contributed by atoms with Gasteiger partial charge in [0.25, 0.3) is 0 Å². The molecule has 0 aromatic rings. The molecule has 12 unspecified atom stereocenters. The number of alkyl halides is 2. The Morgan fingerprint density at radius 2 is 0.647 bits per heavy atom. The lowest BCUT2D eigenvalue weighted by Gasteiger charge is -2.27. The molecule has 0 aliphatic rings. The molecule has 5 heteroatoms. The summed E-state index contributed by atoms with van der Waals surface area (Å²) in [5.41, 5.74) is 0. The molecule has 308 valence electrons. The molecule has 0 rings (SSSR count). The van der Waals surface area contributed by atoms with E-state index in [1.807, 2.05) is 0 Å². The predicted molar refractivity (Wildman–Crippen MR) is 228 cm³/mol. The number of hydrogen-bond donors (Lipinski definition) is 0. The highest BCUT2D eigenvalue weighted by Gasteiger charge is 2.21. The van der Waals surface area contributed by atoms with Crippen molar-refractivity contribution in [2.24, 2.45) is 47.3 Å². The van der Waals surface area contributed by atoms with Crippen LogP contribution in [-0.4, -0.2) is 36.5 Å². The van der Waals surface area contributed by atoms with E-state index in [1.165, 1.54) is 77.0 Å². The van der Waals surface area contributed by atoms with E-state index in [0.29, 0.717) is 11.8 Å². The molecule has 0 amide bonds. The average molecular weight is 764 g/mol. The van der Waals surface area contributed by atoms with Gasteiger partial charge < -0.3 is 14.2 Å². The van der Waals surface area contributed by atoms with Crippen LogP contribution < -0.4 is 0 Å². The van der Waals surface area contributed by atoms with Crippen molar-refractivity contribution in [3.05, 3.63) is 0 Å². The van der Waals surface area contributed by atoms with Crippen LogP contribution in [0.5, 0.6) is 0 Å². The fraction of sp³-hybridized carbons (Fsp3) is 1.00. The highest BCUT2D eigenvalue weighted by molar-refractivity contribution is 6.20. The van der Waals surface area contributed by atoms with E-state index in [9.17, 15) is 0 Å². The molecule has 0 aliphatic heterocycles. The van der Waals surface area contributed by atoms with Gasteiger partial charge in [-0.05, 0) is 151 Å². The third kappa shape index (κ3) is 32.4. The Bertz CT molecular complexity index is 688. The summed E-state index contributed by atoms with van der Waals surface area (Å²) in [5.74, 6) is 5.91. The molecule has 12 atom stereocenters. The molecule has 0 heterocycles. The quantitative estimate of drug-likeness (QED) is 0.0361. The summed E-state index contributed by atoms with van der Waals surface area (Å²) in [7, 11) is 0. The van der Waals surface area contributed by atoms with Gasteiger partial charge in [-0.1, -0.05) is 108 Å². The molecule has 0 N–H and O–H groups in total. The molecule has 3 nitrogen and oxygen atoms in total. The van der Waals surface area contributed by atoms with Crippen molar-refractivity contribution in [2.45, 2.75) is 235 Å². The van der Waals surface area contributed by atoms with Crippen molar-refractivity contribution >= 4 is 23.2 Å². The molecular formula is C46H92Cl2O3. The first-order chi connectivity index (χ1) is 24.1. The van der Waals surface area contributed by atoms with E-state index < -0.39 is 0 Å². The largest absolute Gasteiger partial charge is 0.353 e. The van der Waals surface area contributed by atoms with Crippen molar-refractivity contribution < 1.29 is 14.2 Å². The van der Waals surface area contributed by atoms with Gasteiger partial charge in [-0.3, -0.25) is 0 Å². The minimum Gasteiger partial charge on any atom is -0.353 e. The number of unbranched alkanes of at least 4 members (excludes halogenated alkanes) is 4. The molecule has 0 radical (unpaired) electrons. The first-order valence-electron chi connectivity index (χ1n) is 22.3. The highest BCUT2D eigenvalue weighted by atomic mass is 35.5. The van der Waals surface area contributed by atoms with Crippen molar-refractivity contribution in [3.8, 4) is 0 Å². The molecule has 0 aromatic heterocycles. The van der Waals surface area contributed by atoms with Crippen LogP contribution in [0.2, 0.25) is 0 Å². The monoisotopic (exact) mass is 763 g/mol. The lowest BCUT2D eigenvalue weighted by Crippen LogP contribution is -2.28. The molecule has 0 fully saturated rings. The first kappa shape index (κ1) is 51.5. The van der Waals surface area contributed by atoms with E-state index in [4.69, 9.17) is 37.4 Å². The van der Waals surface area contributed by atoms with Crippen molar-refractivity contribution in [2.75, 3.05) is 13.2 Å². The summed E-state index contributed by atoms with van der Waals surface area (Å²) in [6.45, 7) is 29.7. The lowest BCUT2D eigenvalue weighted by atomic mass is 9.83. The third-order valence-corrected chi connectivity index (χ3v) is 11.3. The fourth-order valence-corrected chi connectivity index (χ4v) is 9.60. The summed E-state index contributed by atoms with van der Waals surface area (Å²) in [4.78, 5) is 0. The summed E-state index contributed by atoms with van der Waals surface area (Å²) < 4.78 is 19.6. The Morgan fingerprint density at radius 1 is 0.353 bits per heavy atom. The summed E-state index contributed by atoms with van der Waals surface area (Å²) in [5, 5.41) is 0.561. The SMILES string of the molecule is CCCCCOC(CCCC(C)CC(C)CC(C)CC(C)CC(C)Cl)OC(CCCC(C)CC(C)CC(C)CC(C)CC(C)Cl)OCCCCC. The molecule has 0 saturated carbocycles. The lowest BCUT2D eigenvalue weighted by molar-refractivity contribution is -0.250. The Kier molecular flexibility index (Phi) is 33.0. The van der Waals surface area contributed by atoms with Crippen LogP contribution in [0.4, 0.5) is 0 Å². The first-order valence-corrected chi connectivity index (χ1v) is 23.2. The van der Waals surface area contributed by atoms with Crippen LogP contribution in [-0.2, 0) is 14.2 Å². The standard InChI is InChI=1S/C46H92Cl2O3/c1-13-15-17-25-49-45(23-19-21-35(3)27-37(5)29-39(7)31-41(9)33-43(11)47)51-46(50-26-18-16-14-2)24-20-22-36(4)28-38(6)30-40(8)32-42(10)34-44(12)48/h35-46H,13-34H2,1-12H3. The number of ether oxygens (including phenoxy) is 3. The third-order valence-electron chi connectivity index (χ3n) is 11.0. The maximum Gasteiger partial charge on any atom is 0.160 e. The molecule has 0 saturated heterocycles. The van der Waals surface area contributed by atoms with Gasteiger partial charge in [-0.25, -0.2) is 0 Å². The van der Waals surface area contributed by atoms with E-state index in [1.54, 1.807) is 0 Å². The molecule has 0 bridgehead atoms. The van der Waals surface area contributed by atoms with Gasteiger partial charge in [0.2, 0.25) is 0 Å². The van der Waals surface area contributed by atoms with Crippen LogP contribution in [0.1, 0.15) is 212 Å². The van der Waals surface area contributed by atoms with Gasteiger partial charge in [0.05, 0.1) is 0 Å². The minimum atomic E-state index is -0.170. The normalized spacial score (nSPS) is 19.4. The number of hydrogen-bond acceptors (Lipinski definition) is 3. The van der Waals surface area contributed by atoms with Crippen molar-refractivity contribution in [3.63, 3.8) is 0 Å². The molecule has 0 aromatic carbocycles. The Labute approximate surface area is 331 Å². The van der Waals surface area contributed by atoms with E-state index >= 15 is 0 Å². The Hall–Kier alpha value is 0.460. The minimum absolute atomic E-state index is 0.170. The maximum atomic E-state index is 6.71. The summed E-state index contributed by atoms with van der Waals surface area (Å²) >= 11 is 12.5. The second-order valence-corrected chi connectivity index (χ2v) is 19.8. The van der Waals surface area contributed by atoms with Gasteiger partial charge in [-0.2, -0.15) is 0 Å². The highest BCUT2D eigenvalue weighted by Crippen LogP contribution is 2.30. The maximum absolute atomic E-state index is 6.71. The zero-order valence-electron chi connectivity index (χ0n) is 36.5. The number of rotatable bonds is 36.